The number of halogens is 2. The molecule has 0 aliphatic heterocycles. The van der Waals surface area contributed by atoms with Gasteiger partial charge in [-0.3, -0.25) is 0 Å². The van der Waals surface area contributed by atoms with Gasteiger partial charge < -0.3 is 10.0 Å². The van der Waals surface area contributed by atoms with Gasteiger partial charge in [0.1, 0.15) is 0 Å². The molecule has 1 N–H and O–H groups in total. The van der Waals surface area contributed by atoms with E-state index >= 15 is 0 Å². The first-order chi connectivity index (χ1) is 8.38. The maximum absolute atomic E-state index is 13.3. The summed E-state index contributed by atoms with van der Waals surface area (Å²) < 4.78 is 26.3. The predicted molar refractivity (Wildman–Crippen MR) is 68.2 cm³/mol. The van der Waals surface area contributed by atoms with Crippen LogP contribution in [0.1, 0.15) is 25.5 Å². The summed E-state index contributed by atoms with van der Waals surface area (Å²) in [6, 6.07) is 3.79. The first-order valence-corrected chi connectivity index (χ1v) is 6.10. The van der Waals surface area contributed by atoms with Crippen LogP contribution in [0.3, 0.4) is 0 Å². The van der Waals surface area contributed by atoms with E-state index in [1.807, 2.05) is 32.8 Å². The van der Waals surface area contributed by atoms with Gasteiger partial charge in [0, 0.05) is 18.6 Å². The molecule has 2 nitrogen and oxygen atoms in total. The van der Waals surface area contributed by atoms with Gasteiger partial charge in [0.15, 0.2) is 11.6 Å². The highest BCUT2D eigenvalue weighted by molar-refractivity contribution is 5.22. The van der Waals surface area contributed by atoms with E-state index in [9.17, 15) is 13.9 Å². The molecule has 0 saturated carbocycles. The highest BCUT2D eigenvalue weighted by atomic mass is 19.2. The molecule has 0 aliphatic carbocycles. The minimum atomic E-state index is -0.847. The van der Waals surface area contributed by atoms with Crippen LogP contribution < -0.4 is 0 Å². The van der Waals surface area contributed by atoms with Crippen LogP contribution in [0, 0.1) is 23.5 Å². The van der Waals surface area contributed by atoms with Crippen LogP contribution in [-0.4, -0.2) is 30.7 Å². The van der Waals surface area contributed by atoms with Crippen LogP contribution in [0.2, 0.25) is 0 Å². The summed E-state index contributed by atoms with van der Waals surface area (Å²) in [6.45, 7) is 4.04. The second-order valence-corrected chi connectivity index (χ2v) is 5.17. The Morgan fingerprint density at radius 3 is 2.17 bits per heavy atom. The Labute approximate surface area is 107 Å². The van der Waals surface area contributed by atoms with Gasteiger partial charge >= 0.3 is 0 Å². The summed E-state index contributed by atoms with van der Waals surface area (Å²) in [5.41, 5.74) is 0.687. The fraction of sp³-hybridized carbons (Fsp3) is 0.571. The van der Waals surface area contributed by atoms with E-state index in [0.717, 1.165) is 6.07 Å². The van der Waals surface area contributed by atoms with E-state index in [4.69, 9.17) is 0 Å². The van der Waals surface area contributed by atoms with E-state index in [1.54, 1.807) is 6.07 Å². The van der Waals surface area contributed by atoms with Gasteiger partial charge in [-0.15, -0.1) is 0 Å². The lowest BCUT2D eigenvalue weighted by atomic mass is 9.84. The van der Waals surface area contributed by atoms with E-state index in [0.29, 0.717) is 5.56 Å². The summed E-state index contributed by atoms with van der Waals surface area (Å²) in [7, 11) is 3.74. The van der Waals surface area contributed by atoms with Gasteiger partial charge in [-0.2, -0.15) is 0 Å². The standard InChI is InChI=1S/C14H21F2NO/c1-9(2)11(8-18)14(17(3)4)10-5-6-12(15)13(16)7-10/h5-7,9,11,14,18H,8H2,1-4H3. The molecule has 2 unspecified atom stereocenters. The maximum Gasteiger partial charge on any atom is 0.159 e. The third-order valence-electron chi connectivity index (χ3n) is 3.31. The predicted octanol–water partition coefficient (Wildman–Crippen LogP) is 2.83. The Morgan fingerprint density at radius 1 is 1.17 bits per heavy atom. The molecule has 0 saturated heterocycles. The SMILES string of the molecule is CC(C)C(CO)C(c1ccc(F)c(F)c1)N(C)C. The van der Waals surface area contributed by atoms with Crippen molar-refractivity contribution in [2.45, 2.75) is 19.9 Å². The zero-order chi connectivity index (χ0) is 13.9. The molecular formula is C14H21F2NO. The summed E-state index contributed by atoms with van der Waals surface area (Å²) in [4.78, 5) is 1.92. The van der Waals surface area contributed by atoms with Crippen LogP contribution in [0.5, 0.6) is 0 Å². The fourth-order valence-corrected chi connectivity index (χ4v) is 2.30. The number of hydrogen-bond acceptors (Lipinski definition) is 2. The third-order valence-corrected chi connectivity index (χ3v) is 3.31. The minimum absolute atomic E-state index is 0.0134. The lowest BCUT2D eigenvalue weighted by molar-refractivity contribution is 0.0999. The molecule has 102 valence electrons. The Balaban J connectivity index is 3.15. The Bertz CT molecular complexity index is 393. The molecule has 0 aliphatic rings. The van der Waals surface area contributed by atoms with Crippen LogP contribution in [0.25, 0.3) is 0 Å². The number of aliphatic hydroxyl groups excluding tert-OH is 1. The van der Waals surface area contributed by atoms with Crippen LogP contribution in [0.15, 0.2) is 18.2 Å². The smallest absolute Gasteiger partial charge is 0.159 e. The van der Waals surface area contributed by atoms with Crippen LogP contribution in [-0.2, 0) is 0 Å². The number of benzene rings is 1. The van der Waals surface area contributed by atoms with Crippen molar-refractivity contribution in [2.24, 2.45) is 11.8 Å². The van der Waals surface area contributed by atoms with Gasteiger partial charge in [-0.25, -0.2) is 8.78 Å². The van der Waals surface area contributed by atoms with Crippen molar-refractivity contribution in [1.82, 2.24) is 4.90 Å². The van der Waals surface area contributed by atoms with Crippen LogP contribution in [0.4, 0.5) is 8.78 Å². The van der Waals surface area contributed by atoms with Crippen molar-refractivity contribution < 1.29 is 13.9 Å². The average Bonchev–Trinajstić information content (AvgIpc) is 2.28. The van der Waals surface area contributed by atoms with Gasteiger partial charge in [-0.05, 0) is 37.7 Å². The molecule has 0 spiro atoms. The van der Waals surface area contributed by atoms with Crippen molar-refractivity contribution in [2.75, 3.05) is 20.7 Å². The lowest BCUT2D eigenvalue weighted by Crippen LogP contribution is -2.32. The molecule has 1 aromatic rings. The van der Waals surface area contributed by atoms with Gasteiger partial charge in [0.25, 0.3) is 0 Å². The monoisotopic (exact) mass is 257 g/mol. The molecule has 1 aromatic carbocycles. The zero-order valence-corrected chi connectivity index (χ0v) is 11.3. The molecule has 0 bridgehead atoms. The van der Waals surface area contributed by atoms with E-state index in [1.165, 1.54) is 6.07 Å². The minimum Gasteiger partial charge on any atom is -0.396 e. The molecule has 18 heavy (non-hydrogen) atoms. The molecule has 0 aromatic heterocycles. The average molecular weight is 257 g/mol. The zero-order valence-electron chi connectivity index (χ0n) is 11.3. The molecule has 0 heterocycles. The summed E-state index contributed by atoms with van der Waals surface area (Å²) in [5.74, 6) is -1.47. The molecule has 1 rings (SSSR count). The largest absolute Gasteiger partial charge is 0.396 e. The molecule has 2 atom stereocenters. The number of aliphatic hydroxyl groups is 1. The molecule has 0 radical (unpaired) electrons. The van der Waals surface area contributed by atoms with Crippen molar-refractivity contribution in [3.63, 3.8) is 0 Å². The summed E-state index contributed by atoms with van der Waals surface area (Å²) >= 11 is 0. The number of rotatable bonds is 5. The Hall–Kier alpha value is -1.00. The van der Waals surface area contributed by atoms with Crippen molar-refractivity contribution in [3.8, 4) is 0 Å². The topological polar surface area (TPSA) is 23.5 Å². The molecule has 4 heteroatoms. The van der Waals surface area contributed by atoms with Crippen molar-refractivity contribution >= 4 is 0 Å². The van der Waals surface area contributed by atoms with E-state index in [2.05, 4.69) is 0 Å². The third kappa shape index (κ3) is 3.27. The van der Waals surface area contributed by atoms with Crippen molar-refractivity contribution in [3.05, 3.63) is 35.4 Å². The maximum atomic E-state index is 13.3. The van der Waals surface area contributed by atoms with E-state index in [-0.39, 0.29) is 24.5 Å². The first kappa shape index (κ1) is 15.1. The fourth-order valence-electron chi connectivity index (χ4n) is 2.30. The first-order valence-electron chi connectivity index (χ1n) is 6.10. The second-order valence-electron chi connectivity index (χ2n) is 5.17. The highest BCUT2D eigenvalue weighted by Crippen LogP contribution is 2.32. The normalized spacial score (nSPS) is 15.2. The van der Waals surface area contributed by atoms with Crippen LogP contribution >= 0.6 is 0 Å². The quantitative estimate of drug-likeness (QED) is 0.876. The van der Waals surface area contributed by atoms with Gasteiger partial charge in [-0.1, -0.05) is 19.9 Å². The molecule has 0 amide bonds. The number of hydrogen-bond donors (Lipinski definition) is 1. The van der Waals surface area contributed by atoms with Crippen molar-refractivity contribution in [1.29, 1.82) is 0 Å². The highest BCUT2D eigenvalue weighted by Gasteiger charge is 2.27. The molecule has 0 fully saturated rings. The molecular weight excluding hydrogens is 236 g/mol. The number of nitrogens with zero attached hydrogens (tertiary/aromatic N) is 1. The van der Waals surface area contributed by atoms with Gasteiger partial charge in [0.2, 0.25) is 0 Å². The summed E-state index contributed by atoms with van der Waals surface area (Å²) in [6.07, 6.45) is 0. The van der Waals surface area contributed by atoms with E-state index < -0.39 is 11.6 Å². The second kappa shape index (κ2) is 6.25. The Kier molecular flexibility index (Phi) is 5.23. The van der Waals surface area contributed by atoms with Gasteiger partial charge in [0.05, 0.1) is 0 Å². The lowest BCUT2D eigenvalue weighted by Gasteiger charge is -2.34. The summed E-state index contributed by atoms with van der Waals surface area (Å²) in [5, 5.41) is 9.51. The Morgan fingerprint density at radius 2 is 1.78 bits per heavy atom.